The largest absolute Gasteiger partial charge is 0.357 e. The lowest BCUT2D eigenvalue weighted by Gasteiger charge is -2.34. The summed E-state index contributed by atoms with van der Waals surface area (Å²) >= 11 is 0. The third kappa shape index (κ3) is 9.17. The SMILES string of the molecule is CCNC(=NCC(C)(C)c1cccc(F)c1)NCC(C)CN1CCN(C)CC1.I. The molecule has 1 aliphatic heterocycles. The summed E-state index contributed by atoms with van der Waals surface area (Å²) in [5, 5.41) is 6.81. The molecule has 0 bridgehead atoms. The van der Waals surface area contributed by atoms with E-state index in [-0.39, 0.29) is 35.2 Å². The van der Waals surface area contributed by atoms with Crippen molar-refractivity contribution >= 4 is 29.9 Å². The second-order valence-electron chi connectivity index (χ2n) is 8.68. The van der Waals surface area contributed by atoms with Crippen LogP contribution in [0.3, 0.4) is 0 Å². The number of guanidine groups is 1. The number of hydrogen-bond acceptors (Lipinski definition) is 3. The Morgan fingerprint density at radius 1 is 1.21 bits per heavy atom. The van der Waals surface area contributed by atoms with Gasteiger partial charge in [-0.2, -0.15) is 0 Å². The van der Waals surface area contributed by atoms with Crippen molar-refractivity contribution in [2.24, 2.45) is 10.9 Å². The molecule has 0 spiro atoms. The van der Waals surface area contributed by atoms with E-state index < -0.39 is 0 Å². The first-order valence-electron chi connectivity index (χ1n) is 10.5. The van der Waals surface area contributed by atoms with E-state index in [1.807, 2.05) is 6.07 Å². The summed E-state index contributed by atoms with van der Waals surface area (Å²) in [5.74, 6) is 1.18. The van der Waals surface area contributed by atoms with E-state index >= 15 is 0 Å². The van der Waals surface area contributed by atoms with Crippen LogP contribution in [0.4, 0.5) is 4.39 Å². The van der Waals surface area contributed by atoms with Gasteiger partial charge < -0.3 is 20.4 Å². The maximum Gasteiger partial charge on any atom is 0.191 e. The van der Waals surface area contributed by atoms with Gasteiger partial charge in [-0.3, -0.25) is 4.99 Å². The van der Waals surface area contributed by atoms with Crippen LogP contribution in [-0.2, 0) is 5.41 Å². The molecule has 1 heterocycles. The molecule has 1 fully saturated rings. The van der Waals surface area contributed by atoms with Crippen molar-refractivity contribution in [3.63, 3.8) is 0 Å². The van der Waals surface area contributed by atoms with Crippen molar-refractivity contribution < 1.29 is 4.39 Å². The zero-order chi connectivity index (χ0) is 20.6. The van der Waals surface area contributed by atoms with Gasteiger partial charge in [0.1, 0.15) is 5.82 Å². The first-order valence-corrected chi connectivity index (χ1v) is 10.5. The predicted molar refractivity (Wildman–Crippen MR) is 132 cm³/mol. The molecule has 1 atom stereocenters. The number of rotatable bonds is 8. The third-order valence-electron chi connectivity index (χ3n) is 5.37. The second-order valence-corrected chi connectivity index (χ2v) is 8.68. The van der Waals surface area contributed by atoms with Gasteiger partial charge in [0.05, 0.1) is 6.54 Å². The summed E-state index contributed by atoms with van der Waals surface area (Å²) in [6.45, 7) is 16.6. The molecular weight excluding hydrogens is 480 g/mol. The molecule has 1 aliphatic rings. The van der Waals surface area contributed by atoms with E-state index in [0.29, 0.717) is 12.5 Å². The van der Waals surface area contributed by atoms with E-state index in [1.54, 1.807) is 12.1 Å². The smallest absolute Gasteiger partial charge is 0.191 e. The lowest BCUT2D eigenvalue weighted by molar-refractivity contribution is 0.139. The molecule has 1 saturated heterocycles. The molecule has 2 rings (SSSR count). The summed E-state index contributed by atoms with van der Waals surface area (Å²) in [6.07, 6.45) is 0. The highest BCUT2D eigenvalue weighted by Crippen LogP contribution is 2.24. The Hall–Kier alpha value is -0.930. The Balaban J connectivity index is 0.00000420. The van der Waals surface area contributed by atoms with Crippen LogP contribution in [0, 0.1) is 11.7 Å². The van der Waals surface area contributed by atoms with Crippen LogP contribution < -0.4 is 10.6 Å². The summed E-state index contributed by atoms with van der Waals surface area (Å²) in [6, 6.07) is 6.82. The van der Waals surface area contributed by atoms with Crippen LogP contribution in [0.1, 0.15) is 33.3 Å². The fourth-order valence-corrected chi connectivity index (χ4v) is 3.43. The van der Waals surface area contributed by atoms with Gasteiger partial charge in [0.25, 0.3) is 0 Å². The number of halogens is 2. The van der Waals surface area contributed by atoms with Gasteiger partial charge in [-0.15, -0.1) is 24.0 Å². The normalized spacial score (nSPS) is 17.5. The lowest BCUT2D eigenvalue weighted by atomic mass is 9.85. The number of nitrogens with one attached hydrogen (secondary N) is 2. The van der Waals surface area contributed by atoms with Crippen molar-refractivity contribution in [2.75, 3.05) is 59.4 Å². The van der Waals surface area contributed by atoms with Crippen molar-refractivity contribution in [3.8, 4) is 0 Å². The molecule has 29 heavy (non-hydrogen) atoms. The molecule has 1 aromatic rings. The minimum Gasteiger partial charge on any atom is -0.357 e. The van der Waals surface area contributed by atoms with Crippen LogP contribution in [0.25, 0.3) is 0 Å². The highest BCUT2D eigenvalue weighted by Gasteiger charge is 2.21. The van der Waals surface area contributed by atoms with Crippen molar-refractivity contribution in [3.05, 3.63) is 35.6 Å². The van der Waals surface area contributed by atoms with Crippen molar-refractivity contribution in [1.82, 2.24) is 20.4 Å². The molecule has 5 nitrogen and oxygen atoms in total. The van der Waals surface area contributed by atoms with Gasteiger partial charge >= 0.3 is 0 Å². The van der Waals surface area contributed by atoms with Gasteiger partial charge in [0.2, 0.25) is 0 Å². The maximum atomic E-state index is 13.6. The summed E-state index contributed by atoms with van der Waals surface area (Å²) < 4.78 is 13.6. The van der Waals surface area contributed by atoms with E-state index in [2.05, 4.69) is 55.2 Å². The number of piperazine rings is 1. The second kappa shape index (κ2) is 12.7. The standard InChI is InChI=1S/C22H38FN5.HI/c1-6-24-21(25-15-18(2)16-28-12-10-27(5)11-13-28)26-17-22(3,4)19-8-7-9-20(23)14-19;/h7-9,14,18H,6,10-13,15-17H2,1-5H3,(H2,24,25,26);1H. The zero-order valence-electron chi connectivity index (χ0n) is 18.7. The fourth-order valence-electron chi connectivity index (χ4n) is 3.43. The molecule has 0 aromatic heterocycles. The monoisotopic (exact) mass is 519 g/mol. The highest BCUT2D eigenvalue weighted by molar-refractivity contribution is 14.0. The molecule has 0 aliphatic carbocycles. The molecule has 1 unspecified atom stereocenters. The summed E-state index contributed by atoms with van der Waals surface area (Å²) in [4.78, 5) is 9.70. The van der Waals surface area contributed by atoms with Crippen molar-refractivity contribution in [1.29, 1.82) is 0 Å². The molecule has 0 radical (unpaired) electrons. The first kappa shape index (κ1) is 26.1. The van der Waals surface area contributed by atoms with Crippen LogP contribution in [0.2, 0.25) is 0 Å². The Bertz CT molecular complexity index is 629. The molecule has 1 aromatic carbocycles. The van der Waals surface area contributed by atoms with Gasteiger partial charge in [-0.05, 0) is 37.6 Å². The minimum atomic E-state index is -0.226. The number of nitrogens with zero attached hydrogens (tertiary/aromatic N) is 3. The van der Waals surface area contributed by atoms with E-state index in [9.17, 15) is 4.39 Å². The van der Waals surface area contributed by atoms with Crippen molar-refractivity contribution in [2.45, 2.75) is 33.1 Å². The average Bonchev–Trinajstić information content (AvgIpc) is 2.66. The molecule has 0 amide bonds. The van der Waals surface area contributed by atoms with Crippen LogP contribution in [0.5, 0.6) is 0 Å². The minimum absolute atomic E-state index is 0. The number of aliphatic imine (C=N–C) groups is 1. The Labute approximate surface area is 193 Å². The molecular formula is C22H39FIN5. The Morgan fingerprint density at radius 2 is 1.90 bits per heavy atom. The van der Waals surface area contributed by atoms with Crippen LogP contribution >= 0.6 is 24.0 Å². The number of benzene rings is 1. The maximum absolute atomic E-state index is 13.6. The summed E-state index contributed by atoms with van der Waals surface area (Å²) in [5.41, 5.74) is 0.742. The molecule has 7 heteroatoms. The van der Waals surface area contributed by atoms with Gasteiger partial charge in [-0.25, -0.2) is 4.39 Å². The van der Waals surface area contributed by atoms with Gasteiger partial charge in [0.15, 0.2) is 5.96 Å². The predicted octanol–water partition coefficient (Wildman–Crippen LogP) is 3.16. The zero-order valence-corrected chi connectivity index (χ0v) is 21.0. The molecule has 0 saturated carbocycles. The third-order valence-corrected chi connectivity index (χ3v) is 5.37. The van der Waals surface area contributed by atoms with E-state index in [0.717, 1.165) is 57.3 Å². The number of hydrogen-bond donors (Lipinski definition) is 2. The first-order chi connectivity index (χ1) is 13.3. The summed E-state index contributed by atoms with van der Waals surface area (Å²) in [7, 11) is 2.19. The lowest BCUT2D eigenvalue weighted by Crippen LogP contribution is -2.47. The molecule has 166 valence electrons. The van der Waals surface area contributed by atoms with Gasteiger partial charge in [-0.1, -0.05) is 32.9 Å². The topological polar surface area (TPSA) is 42.9 Å². The average molecular weight is 519 g/mol. The highest BCUT2D eigenvalue weighted by atomic mass is 127. The van der Waals surface area contributed by atoms with E-state index in [1.165, 1.54) is 6.07 Å². The van der Waals surface area contributed by atoms with E-state index in [4.69, 9.17) is 4.99 Å². The molecule has 2 N–H and O–H groups in total. The van der Waals surface area contributed by atoms with Crippen LogP contribution in [-0.4, -0.2) is 75.2 Å². The fraction of sp³-hybridized carbons (Fsp3) is 0.682. The Morgan fingerprint density at radius 3 is 2.52 bits per heavy atom. The van der Waals surface area contributed by atoms with Gasteiger partial charge in [0, 0.05) is 51.2 Å². The Kier molecular flexibility index (Phi) is 11.4. The number of likely N-dealkylation sites (N-methyl/N-ethyl adjacent to an activating group) is 1. The van der Waals surface area contributed by atoms with Crippen LogP contribution in [0.15, 0.2) is 29.3 Å². The quantitative estimate of drug-likeness (QED) is 0.315.